The van der Waals surface area contributed by atoms with Crippen molar-refractivity contribution in [3.63, 3.8) is 0 Å². The van der Waals surface area contributed by atoms with E-state index in [1.54, 1.807) is 25.3 Å². The molecule has 0 bridgehead atoms. The van der Waals surface area contributed by atoms with Crippen molar-refractivity contribution in [1.29, 1.82) is 5.41 Å². The van der Waals surface area contributed by atoms with Gasteiger partial charge in [0, 0.05) is 17.6 Å². The number of carbonyl (C=O) groups is 2. The topological polar surface area (TPSA) is 129 Å². The molecular formula is C16H19ClN4O6S2. The van der Waals surface area contributed by atoms with Gasteiger partial charge in [0.25, 0.3) is 0 Å². The summed E-state index contributed by atoms with van der Waals surface area (Å²) in [4.78, 5) is 28.9. The number of guanidine groups is 1. The number of hydrogen-bond donors (Lipinski definition) is 1. The van der Waals surface area contributed by atoms with Crippen molar-refractivity contribution in [2.45, 2.75) is 19.4 Å². The molecule has 0 fully saturated rings. The number of nitrogens with one attached hydrogen (secondary N) is 1. The van der Waals surface area contributed by atoms with E-state index in [2.05, 4.69) is 4.99 Å². The maximum Gasteiger partial charge on any atom is 0.433 e. The Kier molecular flexibility index (Phi) is 7.49. The molecule has 1 heterocycles. The second-order valence-electron chi connectivity index (χ2n) is 5.61. The number of carbonyl (C=O) groups excluding carboxylic acids is 2. The maximum atomic E-state index is 12.7. The first kappa shape index (κ1) is 23.0. The minimum atomic E-state index is -4.46. The smallest absolute Gasteiger partial charge is 0.433 e. The molecule has 1 amide bonds. The van der Waals surface area contributed by atoms with Gasteiger partial charge >= 0.3 is 22.3 Å². The molecule has 0 spiro atoms. The summed E-state index contributed by atoms with van der Waals surface area (Å²) in [5, 5.41) is 7.97. The molecule has 0 saturated heterocycles. The molecule has 158 valence electrons. The van der Waals surface area contributed by atoms with Crippen LogP contribution in [0.15, 0.2) is 29.3 Å². The summed E-state index contributed by atoms with van der Waals surface area (Å²) in [5.74, 6) is -1.78. The number of amides is 1. The van der Waals surface area contributed by atoms with Crippen LogP contribution in [0.4, 0.5) is 4.79 Å². The van der Waals surface area contributed by atoms with E-state index in [-0.39, 0.29) is 26.7 Å². The molecule has 0 radical (unpaired) electrons. The molecule has 10 nitrogen and oxygen atoms in total. The highest BCUT2D eigenvalue weighted by Crippen LogP contribution is 2.29. The molecule has 1 N–H and O–H groups in total. The van der Waals surface area contributed by atoms with Crippen LogP contribution in [0.25, 0.3) is 0 Å². The first-order valence-corrected chi connectivity index (χ1v) is 11.3. The Hall–Kier alpha value is -2.31. The fourth-order valence-corrected chi connectivity index (χ4v) is 4.39. The second-order valence-corrected chi connectivity index (χ2v) is 8.60. The average molecular weight is 463 g/mol. The number of esters is 1. The lowest BCUT2D eigenvalue weighted by Gasteiger charge is -2.31. The second kappa shape index (κ2) is 9.46. The molecular weight excluding hydrogens is 444 g/mol. The number of aliphatic imine (C=N–C) groups is 1. The summed E-state index contributed by atoms with van der Waals surface area (Å²) in [6, 6.07) is 6.10. The monoisotopic (exact) mass is 462 g/mol. The summed E-state index contributed by atoms with van der Waals surface area (Å²) < 4.78 is 36.3. The van der Waals surface area contributed by atoms with Crippen LogP contribution in [0.3, 0.4) is 0 Å². The number of benzene rings is 1. The van der Waals surface area contributed by atoms with E-state index in [1.807, 2.05) is 0 Å². The Balaban J connectivity index is 2.39. The zero-order chi connectivity index (χ0) is 21.8. The van der Waals surface area contributed by atoms with E-state index in [0.29, 0.717) is 6.42 Å². The SMILES string of the molecule is CCCOC(=O)C(OC(=O)N1C(=N)N=C(SC)N(C)S1(=O)=O)c1ccccc1Cl. The molecule has 1 aromatic rings. The molecule has 1 aromatic carbocycles. The van der Waals surface area contributed by atoms with Crippen LogP contribution in [0.1, 0.15) is 25.0 Å². The van der Waals surface area contributed by atoms with Crippen LogP contribution in [0.2, 0.25) is 5.02 Å². The predicted molar refractivity (Wildman–Crippen MR) is 109 cm³/mol. The lowest BCUT2D eigenvalue weighted by molar-refractivity contribution is -0.154. The van der Waals surface area contributed by atoms with E-state index < -0.39 is 34.3 Å². The molecule has 1 aliphatic heterocycles. The lowest BCUT2D eigenvalue weighted by atomic mass is 10.1. The van der Waals surface area contributed by atoms with Crippen LogP contribution in [0.5, 0.6) is 0 Å². The maximum absolute atomic E-state index is 12.7. The standard InChI is InChI=1S/C16H19ClN4O6S2/c1-4-9-26-13(22)12(10-7-5-6-8-11(10)17)27-16(23)21-14(18)19-15(28-3)20(2)29(21,24)25/h5-8,12,18H,4,9H2,1-3H3. The highest BCUT2D eigenvalue weighted by atomic mass is 35.5. The van der Waals surface area contributed by atoms with Crippen molar-refractivity contribution in [3.8, 4) is 0 Å². The average Bonchev–Trinajstić information content (AvgIpc) is 2.67. The van der Waals surface area contributed by atoms with E-state index >= 15 is 0 Å². The molecule has 0 aliphatic carbocycles. The van der Waals surface area contributed by atoms with Gasteiger partial charge in [0.1, 0.15) is 0 Å². The van der Waals surface area contributed by atoms with Crippen molar-refractivity contribution in [2.24, 2.45) is 4.99 Å². The van der Waals surface area contributed by atoms with Gasteiger partial charge in [-0.3, -0.25) is 5.41 Å². The highest BCUT2D eigenvalue weighted by molar-refractivity contribution is 8.14. The lowest BCUT2D eigenvalue weighted by Crippen LogP contribution is -2.53. The van der Waals surface area contributed by atoms with Gasteiger partial charge in [-0.1, -0.05) is 48.5 Å². The minimum absolute atomic E-state index is 0.00376. The summed E-state index contributed by atoms with van der Waals surface area (Å²) >= 11 is 7.09. The summed E-state index contributed by atoms with van der Waals surface area (Å²) in [5.41, 5.74) is 0.117. The van der Waals surface area contributed by atoms with E-state index in [0.717, 1.165) is 16.1 Å². The Bertz CT molecular complexity index is 952. The normalized spacial score (nSPS) is 16.8. The third-order valence-corrected chi connectivity index (χ3v) is 6.50. The Labute approximate surface area is 177 Å². The zero-order valence-electron chi connectivity index (χ0n) is 15.8. The summed E-state index contributed by atoms with van der Waals surface area (Å²) in [6.07, 6.45) is -1.01. The first-order chi connectivity index (χ1) is 13.6. The number of ether oxygens (including phenoxy) is 2. The number of amidine groups is 1. The molecule has 0 aromatic heterocycles. The van der Waals surface area contributed by atoms with Gasteiger partial charge in [-0.25, -0.2) is 13.9 Å². The Morgan fingerprint density at radius 1 is 1.34 bits per heavy atom. The molecule has 1 aliphatic rings. The van der Waals surface area contributed by atoms with Crippen LogP contribution in [-0.2, 0) is 24.5 Å². The van der Waals surface area contributed by atoms with Crippen molar-refractivity contribution in [3.05, 3.63) is 34.9 Å². The minimum Gasteiger partial charge on any atom is -0.463 e. The third-order valence-electron chi connectivity index (χ3n) is 3.66. The first-order valence-electron chi connectivity index (χ1n) is 8.27. The molecule has 1 unspecified atom stereocenters. The van der Waals surface area contributed by atoms with Crippen molar-refractivity contribution < 1.29 is 27.5 Å². The van der Waals surface area contributed by atoms with Crippen molar-refractivity contribution >= 4 is 56.8 Å². The van der Waals surface area contributed by atoms with Gasteiger partial charge in [0.05, 0.1) is 6.61 Å². The fourth-order valence-electron chi connectivity index (χ4n) is 2.25. The molecule has 29 heavy (non-hydrogen) atoms. The summed E-state index contributed by atoms with van der Waals surface area (Å²) in [6.45, 7) is 1.85. The van der Waals surface area contributed by atoms with E-state index in [1.165, 1.54) is 19.2 Å². The molecule has 1 atom stereocenters. The van der Waals surface area contributed by atoms with Crippen LogP contribution in [-0.4, -0.2) is 60.1 Å². The highest BCUT2D eigenvalue weighted by Gasteiger charge is 2.43. The molecule has 2 rings (SSSR count). The van der Waals surface area contributed by atoms with Gasteiger partial charge < -0.3 is 9.47 Å². The van der Waals surface area contributed by atoms with Gasteiger partial charge in [0.15, 0.2) is 5.17 Å². The Morgan fingerprint density at radius 3 is 2.59 bits per heavy atom. The van der Waals surface area contributed by atoms with Gasteiger partial charge in [-0.15, -0.1) is 4.31 Å². The molecule has 0 saturated carbocycles. The summed E-state index contributed by atoms with van der Waals surface area (Å²) in [7, 11) is -3.28. The van der Waals surface area contributed by atoms with E-state index in [9.17, 15) is 18.0 Å². The predicted octanol–water partition coefficient (Wildman–Crippen LogP) is 2.62. The van der Waals surface area contributed by atoms with Crippen LogP contribution >= 0.6 is 23.4 Å². The van der Waals surface area contributed by atoms with Gasteiger partial charge in [-0.2, -0.15) is 13.4 Å². The van der Waals surface area contributed by atoms with E-state index in [4.69, 9.17) is 26.5 Å². The fraction of sp³-hybridized carbons (Fsp3) is 0.375. The number of thioether (sulfide) groups is 1. The van der Waals surface area contributed by atoms with Gasteiger partial charge in [0.2, 0.25) is 12.1 Å². The quantitative estimate of drug-likeness (QED) is 0.665. The van der Waals surface area contributed by atoms with Crippen LogP contribution in [0, 0.1) is 5.41 Å². The number of nitrogens with zero attached hydrogens (tertiary/aromatic N) is 3. The zero-order valence-corrected chi connectivity index (χ0v) is 18.2. The molecule has 13 heteroatoms. The Morgan fingerprint density at radius 2 is 2.00 bits per heavy atom. The van der Waals surface area contributed by atoms with Crippen LogP contribution < -0.4 is 0 Å². The third kappa shape index (κ3) is 4.82. The van der Waals surface area contributed by atoms with Crippen molar-refractivity contribution in [1.82, 2.24) is 8.61 Å². The number of rotatable bonds is 5. The number of halogens is 1. The van der Waals surface area contributed by atoms with Crippen molar-refractivity contribution in [2.75, 3.05) is 19.9 Å². The largest absolute Gasteiger partial charge is 0.463 e. The number of hydrogen-bond acceptors (Lipinski definition) is 8. The van der Waals surface area contributed by atoms with Gasteiger partial charge in [-0.05, 0) is 18.7 Å².